The first kappa shape index (κ1) is 20.0. The van der Waals surface area contributed by atoms with E-state index in [2.05, 4.69) is 34.8 Å². The van der Waals surface area contributed by atoms with Crippen molar-refractivity contribution in [3.05, 3.63) is 42.9 Å². The van der Waals surface area contributed by atoms with E-state index in [1.807, 2.05) is 37.6 Å². The standard InChI is InChI=1S/C24H27N3O3/c1-6-15(2)14-27(3)24-25-12-18(13-26-24)22-19-11-21(29-5)20(28-4)10-17(19)9-16-7-8-30-23(16)22/h7-13,15H,6,14H2,1-5H3. The third kappa shape index (κ3) is 3.54. The molecule has 6 heteroatoms. The normalized spacial score (nSPS) is 12.3. The second kappa shape index (κ2) is 8.22. The fourth-order valence-electron chi connectivity index (χ4n) is 3.77. The lowest BCUT2D eigenvalue weighted by Crippen LogP contribution is -2.25. The first-order valence-corrected chi connectivity index (χ1v) is 10.1. The Hall–Kier alpha value is -3.28. The fourth-order valence-corrected chi connectivity index (χ4v) is 3.77. The Morgan fingerprint density at radius 1 is 1.03 bits per heavy atom. The quantitative estimate of drug-likeness (QED) is 0.402. The van der Waals surface area contributed by atoms with Crippen molar-refractivity contribution in [2.75, 3.05) is 32.7 Å². The van der Waals surface area contributed by atoms with Gasteiger partial charge >= 0.3 is 0 Å². The Labute approximate surface area is 176 Å². The molecule has 1 unspecified atom stereocenters. The summed E-state index contributed by atoms with van der Waals surface area (Å²) in [6.07, 6.45) is 6.56. The third-order valence-electron chi connectivity index (χ3n) is 5.61. The Morgan fingerprint density at radius 2 is 1.73 bits per heavy atom. The maximum Gasteiger partial charge on any atom is 0.225 e. The largest absolute Gasteiger partial charge is 0.493 e. The molecular weight excluding hydrogens is 378 g/mol. The molecule has 4 aromatic rings. The van der Waals surface area contributed by atoms with Gasteiger partial charge in [-0.2, -0.15) is 0 Å². The molecule has 4 rings (SSSR count). The van der Waals surface area contributed by atoms with Crippen LogP contribution in [0.1, 0.15) is 20.3 Å². The number of furan rings is 1. The van der Waals surface area contributed by atoms with Crippen molar-refractivity contribution in [1.82, 2.24) is 9.97 Å². The second-order valence-corrected chi connectivity index (χ2v) is 7.68. The molecule has 0 aliphatic heterocycles. The molecule has 0 spiro atoms. The minimum atomic E-state index is 0.585. The van der Waals surface area contributed by atoms with Gasteiger partial charge in [-0.25, -0.2) is 9.97 Å². The molecule has 0 saturated carbocycles. The maximum absolute atomic E-state index is 5.85. The molecule has 2 aromatic carbocycles. The van der Waals surface area contributed by atoms with Gasteiger partial charge in [-0.3, -0.25) is 0 Å². The highest BCUT2D eigenvalue weighted by Crippen LogP contribution is 2.41. The summed E-state index contributed by atoms with van der Waals surface area (Å²) in [6.45, 7) is 5.35. The van der Waals surface area contributed by atoms with E-state index in [1.165, 1.54) is 0 Å². The van der Waals surface area contributed by atoms with Gasteiger partial charge in [-0.1, -0.05) is 20.3 Å². The van der Waals surface area contributed by atoms with Crippen LogP contribution >= 0.6 is 0 Å². The average Bonchev–Trinajstić information content (AvgIpc) is 3.24. The van der Waals surface area contributed by atoms with Crippen LogP contribution in [0.3, 0.4) is 0 Å². The molecule has 1 atom stereocenters. The van der Waals surface area contributed by atoms with Crippen LogP contribution < -0.4 is 14.4 Å². The van der Waals surface area contributed by atoms with E-state index < -0.39 is 0 Å². The molecule has 2 aromatic heterocycles. The summed E-state index contributed by atoms with van der Waals surface area (Å²) in [5.74, 6) is 2.66. The van der Waals surface area contributed by atoms with Crippen molar-refractivity contribution in [3.8, 4) is 22.6 Å². The van der Waals surface area contributed by atoms with Gasteiger partial charge < -0.3 is 18.8 Å². The van der Waals surface area contributed by atoms with Gasteiger partial charge in [0.1, 0.15) is 5.58 Å². The number of hydrogen-bond acceptors (Lipinski definition) is 6. The molecule has 156 valence electrons. The van der Waals surface area contributed by atoms with Crippen LogP contribution in [0.15, 0.2) is 47.3 Å². The summed E-state index contributed by atoms with van der Waals surface area (Å²) in [5, 5.41) is 3.05. The Morgan fingerprint density at radius 3 is 2.40 bits per heavy atom. The molecule has 0 radical (unpaired) electrons. The van der Waals surface area contributed by atoms with Gasteiger partial charge in [0.15, 0.2) is 11.5 Å². The molecular formula is C24H27N3O3. The fraction of sp³-hybridized carbons (Fsp3) is 0.333. The van der Waals surface area contributed by atoms with Gasteiger partial charge in [-0.05, 0) is 41.0 Å². The highest BCUT2D eigenvalue weighted by molar-refractivity contribution is 6.11. The summed E-state index contributed by atoms with van der Waals surface area (Å²) in [4.78, 5) is 11.4. The van der Waals surface area contributed by atoms with Crippen LogP contribution in [0.4, 0.5) is 5.95 Å². The highest BCUT2D eigenvalue weighted by Gasteiger charge is 2.17. The molecule has 0 N–H and O–H groups in total. The third-order valence-corrected chi connectivity index (χ3v) is 5.61. The SMILES string of the molecule is CCC(C)CN(C)c1ncc(-c2c3cc(OC)c(OC)cc3cc3ccoc23)cn1. The lowest BCUT2D eigenvalue weighted by molar-refractivity contribution is 0.356. The van der Waals surface area contributed by atoms with E-state index >= 15 is 0 Å². The molecule has 0 bridgehead atoms. The van der Waals surface area contributed by atoms with E-state index in [-0.39, 0.29) is 0 Å². The number of rotatable bonds is 7. The van der Waals surface area contributed by atoms with Gasteiger partial charge in [0.2, 0.25) is 5.95 Å². The number of aromatic nitrogens is 2. The zero-order valence-electron chi connectivity index (χ0n) is 18.1. The Bertz CT molecular complexity index is 1170. The molecule has 2 heterocycles. The first-order chi connectivity index (χ1) is 14.5. The van der Waals surface area contributed by atoms with Crippen molar-refractivity contribution in [2.45, 2.75) is 20.3 Å². The predicted molar refractivity (Wildman–Crippen MR) is 121 cm³/mol. The lowest BCUT2D eigenvalue weighted by atomic mass is 9.97. The second-order valence-electron chi connectivity index (χ2n) is 7.68. The average molecular weight is 405 g/mol. The van der Waals surface area contributed by atoms with Crippen molar-refractivity contribution in [3.63, 3.8) is 0 Å². The molecule has 0 fully saturated rings. The van der Waals surface area contributed by atoms with E-state index in [4.69, 9.17) is 13.9 Å². The van der Waals surface area contributed by atoms with E-state index in [9.17, 15) is 0 Å². The van der Waals surface area contributed by atoms with E-state index in [1.54, 1.807) is 20.5 Å². The van der Waals surface area contributed by atoms with Crippen molar-refractivity contribution >= 4 is 27.7 Å². The monoisotopic (exact) mass is 405 g/mol. The zero-order chi connectivity index (χ0) is 21.3. The van der Waals surface area contributed by atoms with Crippen LogP contribution in [-0.4, -0.2) is 37.8 Å². The Kier molecular flexibility index (Phi) is 5.48. The molecule has 0 saturated heterocycles. The maximum atomic E-state index is 5.85. The first-order valence-electron chi connectivity index (χ1n) is 10.1. The van der Waals surface area contributed by atoms with Crippen LogP contribution in [0.2, 0.25) is 0 Å². The van der Waals surface area contributed by atoms with Crippen LogP contribution in [0, 0.1) is 5.92 Å². The lowest BCUT2D eigenvalue weighted by Gasteiger charge is -2.20. The van der Waals surface area contributed by atoms with E-state index in [0.29, 0.717) is 23.4 Å². The molecule has 30 heavy (non-hydrogen) atoms. The number of ether oxygens (including phenoxy) is 2. The van der Waals surface area contributed by atoms with Crippen LogP contribution in [-0.2, 0) is 0 Å². The number of fused-ring (bicyclic) bond motifs is 2. The number of nitrogens with zero attached hydrogens (tertiary/aromatic N) is 3. The van der Waals surface area contributed by atoms with Gasteiger partial charge in [0, 0.05) is 42.5 Å². The number of methoxy groups -OCH3 is 2. The molecule has 0 aliphatic carbocycles. The van der Waals surface area contributed by atoms with Gasteiger partial charge in [-0.15, -0.1) is 0 Å². The summed E-state index contributed by atoms with van der Waals surface area (Å²) >= 11 is 0. The summed E-state index contributed by atoms with van der Waals surface area (Å²) in [5.41, 5.74) is 2.65. The molecule has 6 nitrogen and oxygen atoms in total. The summed E-state index contributed by atoms with van der Waals surface area (Å²) < 4.78 is 16.9. The van der Waals surface area contributed by atoms with Gasteiger partial charge in [0.05, 0.1) is 20.5 Å². The molecule has 0 aliphatic rings. The highest BCUT2D eigenvalue weighted by atomic mass is 16.5. The van der Waals surface area contributed by atoms with Crippen molar-refractivity contribution in [1.29, 1.82) is 0 Å². The summed E-state index contributed by atoms with van der Waals surface area (Å²) in [6, 6.07) is 8.02. The van der Waals surface area contributed by atoms with E-state index in [0.717, 1.165) is 45.8 Å². The van der Waals surface area contributed by atoms with Crippen LogP contribution in [0.5, 0.6) is 11.5 Å². The predicted octanol–water partition coefficient (Wildman–Crippen LogP) is 5.54. The minimum Gasteiger partial charge on any atom is -0.493 e. The summed E-state index contributed by atoms with van der Waals surface area (Å²) in [7, 11) is 5.31. The van der Waals surface area contributed by atoms with Crippen LogP contribution in [0.25, 0.3) is 32.9 Å². The smallest absolute Gasteiger partial charge is 0.225 e. The Balaban J connectivity index is 1.85. The number of anilines is 1. The topological polar surface area (TPSA) is 60.6 Å². The van der Waals surface area contributed by atoms with Crippen molar-refractivity contribution < 1.29 is 13.9 Å². The number of hydrogen-bond donors (Lipinski definition) is 0. The number of benzene rings is 2. The van der Waals surface area contributed by atoms with Gasteiger partial charge in [0.25, 0.3) is 0 Å². The minimum absolute atomic E-state index is 0.585. The molecule has 0 amide bonds. The van der Waals surface area contributed by atoms with Crippen molar-refractivity contribution in [2.24, 2.45) is 5.92 Å². The zero-order valence-corrected chi connectivity index (χ0v) is 18.1.